The lowest BCUT2D eigenvalue weighted by Gasteiger charge is -2.07. The molecule has 1 aromatic heterocycles. The van der Waals surface area contributed by atoms with Crippen molar-refractivity contribution in [3.63, 3.8) is 0 Å². The predicted molar refractivity (Wildman–Crippen MR) is 80.4 cm³/mol. The topological polar surface area (TPSA) is 48.1 Å². The Hall–Kier alpha value is -2.39. The van der Waals surface area contributed by atoms with Crippen molar-refractivity contribution in [1.29, 1.82) is 0 Å². The van der Waals surface area contributed by atoms with E-state index in [0.29, 0.717) is 13.2 Å². The minimum Gasteiger partial charge on any atom is -0.487 e. The second-order valence-corrected chi connectivity index (χ2v) is 4.63. The lowest BCUT2D eigenvalue weighted by Crippen LogP contribution is -1.99. The first-order valence-corrected chi connectivity index (χ1v) is 6.61. The molecule has 2 aromatic carbocycles. The maximum absolute atomic E-state index is 5.74. The van der Waals surface area contributed by atoms with E-state index >= 15 is 0 Å². The number of hydrogen-bond donors (Lipinski definition) is 1. The fraction of sp³-hybridized carbons (Fsp3) is 0.118. The van der Waals surface area contributed by atoms with Crippen LogP contribution in [0.1, 0.15) is 11.3 Å². The Morgan fingerprint density at radius 2 is 1.70 bits per heavy atom. The first-order chi connectivity index (χ1) is 9.85. The van der Waals surface area contributed by atoms with E-state index in [1.807, 2.05) is 48.5 Å². The van der Waals surface area contributed by atoms with Gasteiger partial charge in [-0.25, -0.2) is 4.98 Å². The largest absolute Gasteiger partial charge is 0.487 e. The molecule has 0 saturated heterocycles. The molecule has 0 bridgehead atoms. The van der Waals surface area contributed by atoms with Crippen molar-refractivity contribution in [3.8, 4) is 5.75 Å². The minimum atomic E-state index is 0.465. The summed E-state index contributed by atoms with van der Waals surface area (Å²) in [7, 11) is 0. The molecule has 3 aromatic rings. The summed E-state index contributed by atoms with van der Waals surface area (Å²) < 4.78 is 5.74. The van der Waals surface area contributed by atoms with Crippen LogP contribution in [0.5, 0.6) is 5.75 Å². The van der Waals surface area contributed by atoms with E-state index in [-0.39, 0.29) is 0 Å². The Morgan fingerprint density at radius 1 is 0.900 bits per heavy atom. The zero-order valence-corrected chi connectivity index (χ0v) is 11.1. The third-order valence-electron chi connectivity index (χ3n) is 3.20. The van der Waals surface area contributed by atoms with Crippen molar-refractivity contribution >= 4 is 10.9 Å². The lowest BCUT2D eigenvalue weighted by atomic mass is 10.2. The lowest BCUT2D eigenvalue weighted by molar-refractivity contribution is 0.301. The quantitative estimate of drug-likeness (QED) is 0.786. The highest BCUT2D eigenvalue weighted by atomic mass is 16.5. The Balaban J connectivity index is 1.72. The number of nitrogens with zero attached hydrogens (tertiary/aromatic N) is 1. The summed E-state index contributed by atoms with van der Waals surface area (Å²) in [6, 6.07) is 20.0. The van der Waals surface area contributed by atoms with Gasteiger partial charge in [0.25, 0.3) is 0 Å². The van der Waals surface area contributed by atoms with Gasteiger partial charge in [-0.1, -0.05) is 36.4 Å². The summed E-state index contributed by atoms with van der Waals surface area (Å²) in [6.07, 6.45) is 0. The molecule has 3 heteroatoms. The summed E-state index contributed by atoms with van der Waals surface area (Å²) >= 11 is 0. The first-order valence-electron chi connectivity index (χ1n) is 6.61. The summed E-state index contributed by atoms with van der Waals surface area (Å²) in [5.41, 5.74) is 8.58. The number of para-hydroxylation sites is 1. The SMILES string of the molecule is NCc1ccc(OCc2ccc3ccccc3n2)cc1. The third-order valence-corrected chi connectivity index (χ3v) is 3.20. The standard InChI is InChI=1S/C17H16N2O/c18-11-13-5-9-16(10-6-13)20-12-15-8-7-14-3-1-2-4-17(14)19-15/h1-10H,11-12,18H2. The number of ether oxygens (including phenoxy) is 1. The van der Waals surface area contributed by atoms with Gasteiger partial charge in [-0.05, 0) is 29.8 Å². The highest BCUT2D eigenvalue weighted by molar-refractivity contribution is 5.78. The molecule has 0 aliphatic heterocycles. The zero-order chi connectivity index (χ0) is 13.8. The molecule has 0 aliphatic rings. The van der Waals surface area contributed by atoms with Crippen molar-refractivity contribution in [2.45, 2.75) is 13.2 Å². The van der Waals surface area contributed by atoms with Gasteiger partial charge in [0.1, 0.15) is 12.4 Å². The van der Waals surface area contributed by atoms with Gasteiger partial charge < -0.3 is 10.5 Å². The maximum atomic E-state index is 5.74. The van der Waals surface area contributed by atoms with E-state index in [2.05, 4.69) is 17.1 Å². The molecule has 0 fully saturated rings. The smallest absolute Gasteiger partial charge is 0.130 e. The Labute approximate surface area is 118 Å². The van der Waals surface area contributed by atoms with Crippen LogP contribution in [0.15, 0.2) is 60.7 Å². The number of pyridine rings is 1. The van der Waals surface area contributed by atoms with E-state index < -0.39 is 0 Å². The number of nitrogens with two attached hydrogens (primary N) is 1. The van der Waals surface area contributed by atoms with Crippen LogP contribution in [-0.4, -0.2) is 4.98 Å². The monoisotopic (exact) mass is 264 g/mol. The van der Waals surface area contributed by atoms with Crippen LogP contribution in [0.25, 0.3) is 10.9 Å². The Morgan fingerprint density at radius 3 is 2.50 bits per heavy atom. The Bertz CT molecular complexity index is 708. The van der Waals surface area contributed by atoms with Crippen molar-refractivity contribution in [2.75, 3.05) is 0 Å². The fourth-order valence-corrected chi connectivity index (χ4v) is 2.07. The number of fused-ring (bicyclic) bond motifs is 1. The minimum absolute atomic E-state index is 0.465. The average molecular weight is 264 g/mol. The molecule has 20 heavy (non-hydrogen) atoms. The summed E-state index contributed by atoms with van der Waals surface area (Å²) in [5, 5.41) is 1.14. The molecule has 0 amide bonds. The number of aromatic nitrogens is 1. The summed E-state index contributed by atoms with van der Waals surface area (Å²) in [4.78, 5) is 4.58. The van der Waals surface area contributed by atoms with Gasteiger partial charge in [0.05, 0.1) is 11.2 Å². The van der Waals surface area contributed by atoms with Crippen molar-refractivity contribution < 1.29 is 4.74 Å². The van der Waals surface area contributed by atoms with E-state index in [1.54, 1.807) is 0 Å². The summed E-state index contributed by atoms with van der Waals surface area (Å²) in [5.74, 6) is 0.831. The molecule has 100 valence electrons. The molecule has 0 aliphatic carbocycles. The molecule has 3 nitrogen and oxygen atoms in total. The molecular formula is C17H16N2O. The Kier molecular flexibility index (Phi) is 3.61. The molecule has 0 saturated carbocycles. The highest BCUT2D eigenvalue weighted by Crippen LogP contribution is 2.15. The third kappa shape index (κ3) is 2.78. The fourth-order valence-electron chi connectivity index (χ4n) is 2.07. The molecule has 0 radical (unpaired) electrons. The van der Waals surface area contributed by atoms with E-state index in [4.69, 9.17) is 10.5 Å². The number of rotatable bonds is 4. The van der Waals surface area contributed by atoms with Gasteiger partial charge in [-0.15, -0.1) is 0 Å². The molecule has 0 spiro atoms. The molecule has 0 atom stereocenters. The predicted octanol–water partition coefficient (Wildman–Crippen LogP) is 3.27. The van der Waals surface area contributed by atoms with Gasteiger partial charge in [0, 0.05) is 11.9 Å². The van der Waals surface area contributed by atoms with Crippen LogP contribution in [0.2, 0.25) is 0 Å². The van der Waals surface area contributed by atoms with E-state index in [1.165, 1.54) is 0 Å². The van der Waals surface area contributed by atoms with E-state index in [0.717, 1.165) is 27.9 Å². The van der Waals surface area contributed by atoms with Crippen LogP contribution < -0.4 is 10.5 Å². The molecule has 0 unspecified atom stereocenters. The number of hydrogen-bond acceptors (Lipinski definition) is 3. The normalized spacial score (nSPS) is 10.7. The average Bonchev–Trinajstić information content (AvgIpc) is 2.53. The first kappa shape index (κ1) is 12.6. The van der Waals surface area contributed by atoms with Crippen LogP contribution in [0.3, 0.4) is 0 Å². The second-order valence-electron chi connectivity index (χ2n) is 4.63. The second kappa shape index (κ2) is 5.72. The maximum Gasteiger partial charge on any atom is 0.130 e. The van der Waals surface area contributed by atoms with Crippen molar-refractivity contribution in [3.05, 3.63) is 71.9 Å². The van der Waals surface area contributed by atoms with Gasteiger partial charge >= 0.3 is 0 Å². The molecule has 3 rings (SSSR count). The van der Waals surface area contributed by atoms with Crippen LogP contribution in [0.4, 0.5) is 0 Å². The molecular weight excluding hydrogens is 248 g/mol. The highest BCUT2D eigenvalue weighted by Gasteiger charge is 2.00. The summed E-state index contributed by atoms with van der Waals surface area (Å²) in [6.45, 7) is 1.01. The molecule has 1 heterocycles. The molecule has 2 N–H and O–H groups in total. The van der Waals surface area contributed by atoms with E-state index in [9.17, 15) is 0 Å². The van der Waals surface area contributed by atoms with Gasteiger partial charge in [0.15, 0.2) is 0 Å². The van der Waals surface area contributed by atoms with Gasteiger partial charge in [-0.2, -0.15) is 0 Å². The van der Waals surface area contributed by atoms with Gasteiger partial charge in [0.2, 0.25) is 0 Å². The van der Waals surface area contributed by atoms with Crippen molar-refractivity contribution in [1.82, 2.24) is 4.98 Å². The van der Waals surface area contributed by atoms with Crippen LogP contribution in [0, 0.1) is 0 Å². The van der Waals surface area contributed by atoms with Crippen LogP contribution >= 0.6 is 0 Å². The van der Waals surface area contributed by atoms with Crippen LogP contribution in [-0.2, 0) is 13.2 Å². The number of benzene rings is 2. The van der Waals surface area contributed by atoms with Crippen molar-refractivity contribution in [2.24, 2.45) is 5.73 Å². The zero-order valence-electron chi connectivity index (χ0n) is 11.1. The van der Waals surface area contributed by atoms with Gasteiger partial charge in [-0.3, -0.25) is 0 Å².